The van der Waals surface area contributed by atoms with Gasteiger partial charge in [0, 0.05) is 33.2 Å². The second-order valence-corrected chi connectivity index (χ2v) is 7.16. The van der Waals surface area contributed by atoms with Gasteiger partial charge in [0.1, 0.15) is 5.52 Å². The van der Waals surface area contributed by atoms with Crippen LogP contribution in [0.5, 0.6) is 0 Å². The molecule has 0 atom stereocenters. The van der Waals surface area contributed by atoms with E-state index in [2.05, 4.69) is 20.3 Å². The van der Waals surface area contributed by atoms with Crippen LogP contribution in [0, 0.1) is 6.92 Å². The van der Waals surface area contributed by atoms with Crippen molar-refractivity contribution in [2.45, 2.75) is 6.92 Å². The summed E-state index contributed by atoms with van der Waals surface area (Å²) >= 11 is 0. The summed E-state index contributed by atoms with van der Waals surface area (Å²) in [6.07, 6.45) is 1.41. The Morgan fingerprint density at radius 3 is 2.66 bits per heavy atom. The van der Waals surface area contributed by atoms with Gasteiger partial charge in [-0.2, -0.15) is 5.10 Å². The van der Waals surface area contributed by atoms with Gasteiger partial charge >= 0.3 is 0 Å². The number of carbonyl (C=O) groups excluding carboxylic acids is 1. The first kappa shape index (κ1) is 19.3. The Kier molecular flexibility index (Phi) is 5.41. The van der Waals surface area contributed by atoms with Crippen LogP contribution in [0.2, 0.25) is 0 Å². The van der Waals surface area contributed by atoms with E-state index in [1.165, 1.54) is 15.6 Å². The minimum Gasteiger partial charge on any atom is -0.379 e. The zero-order valence-corrected chi connectivity index (χ0v) is 16.6. The molecule has 29 heavy (non-hydrogen) atoms. The molecule has 1 amide bonds. The van der Waals surface area contributed by atoms with Gasteiger partial charge < -0.3 is 14.6 Å². The van der Waals surface area contributed by atoms with E-state index >= 15 is 0 Å². The molecular weight excluding hydrogens is 372 g/mol. The van der Waals surface area contributed by atoms with Gasteiger partial charge in [-0.15, -0.1) is 0 Å². The Labute approximate surface area is 167 Å². The molecule has 1 saturated heterocycles. The molecule has 1 aliphatic heterocycles. The van der Waals surface area contributed by atoms with Gasteiger partial charge in [0.05, 0.1) is 25.2 Å². The van der Waals surface area contributed by atoms with Crippen molar-refractivity contribution in [2.75, 3.05) is 39.4 Å². The summed E-state index contributed by atoms with van der Waals surface area (Å²) in [5.74, 6) is -0.338. The number of amides is 1. The number of fused-ring (bicyclic) bond motifs is 1. The number of aromatic nitrogens is 4. The lowest BCUT2D eigenvalue weighted by Gasteiger charge is -2.26. The Bertz CT molecular complexity index is 1080. The first-order chi connectivity index (χ1) is 14.0. The molecule has 1 aliphatic rings. The summed E-state index contributed by atoms with van der Waals surface area (Å²) in [6, 6.07) is 7.61. The maximum absolute atomic E-state index is 12.8. The van der Waals surface area contributed by atoms with E-state index < -0.39 is 0 Å². The van der Waals surface area contributed by atoms with Crippen LogP contribution in [0.1, 0.15) is 16.1 Å². The number of hydrogen-bond donors (Lipinski definition) is 1. The minimum atomic E-state index is -0.338. The Hall–Kier alpha value is -3.04. The Balaban J connectivity index is 1.63. The molecule has 152 valence electrons. The maximum Gasteiger partial charge on any atom is 0.279 e. The van der Waals surface area contributed by atoms with Crippen LogP contribution >= 0.6 is 0 Å². The second kappa shape index (κ2) is 8.14. The van der Waals surface area contributed by atoms with E-state index in [0.717, 1.165) is 25.2 Å². The molecular formula is C20H24N6O3. The molecule has 0 aliphatic carbocycles. The molecule has 0 bridgehead atoms. The summed E-state index contributed by atoms with van der Waals surface area (Å²) in [5, 5.41) is 7.35. The third-order valence-electron chi connectivity index (χ3n) is 5.05. The van der Waals surface area contributed by atoms with Crippen LogP contribution in [0.4, 0.5) is 0 Å². The number of aryl methyl sites for hydroxylation is 2. The number of nitrogens with zero attached hydrogens (tertiary/aromatic N) is 5. The highest BCUT2D eigenvalue weighted by Crippen LogP contribution is 2.18. The predicted molar refractivity (Wildman–Crippen MR) is 108 cm³/mol. The van der Waals surface area contributed by atoms with Gasteiger partial charge in [-0.3, -0.25) is 14.5 Å². The molecule has 1 fully saturated rings. The summed E-state index contributed by atoms with van der Waals surface area (Å²) < 4.78 is 8.22. The fourth-order valence-electron chi connectivity index (χ4n) is 3.35. The average molecular weight is 396 g/mol. The number of morpholine rings is 1. The molecule has 1 N–H and O–H groups in total. The third kappa shape index (κ3) is 3.92. The SMILES string of the molecule is Cc1ccc(-n2nc(C(=O)NCCN3CCOCC3)c3ncn(C)c(=O)c32)cc1. The van der Waals surface area contributed by atoms with E-state index in [0.29, 0.717) is 31.0 Å². The summed E-state index contributed by atoms with van der Waals surface area (Å²) in [6.45, 7) is 6.36. The lowest BCUT2D eigenvalue weighted by molar-refractivity contribution is 0.0383. The highest BCUT2D eigenvalue weighted by molar-refractivity contribution is 6.03. The van der Waals surface area contributed by atoms with E-state index in [9.17, 15) is 9.59 Å². The Morgan fingerprint density at radius 2 is 1.93 bits per heavy atom. The third-order valence-corrected chi connectivity index (χ3v) is 5.05. The van der Waals surface area contributed by atoms with Crippen molar-refractivity contribution in [3.05, 3.63) is 52.2 Å². The van der Waals surface area contributed by atoms with Gasteiger partial charge in [0.15, 0.2) is 11.2 Å². The molecule has 3 aromatic rings. The van der Waals surface area contributed by atoms with Crippen molar-refractivity contribution >= 4 is 16.9 Å². The van der Waals surface area contributed by atoms with Gasteiger partial charge in [-0.1, -0.05) is 17.7 Å². The largest absolute Gasteiger partial charge is 0.379 e. The lowest BCUT2D eigenvalue weighted by atomic mass is 10.2. The van der Waals surface area contributed by atoms with E-state index in [1.54, 1.807) is 7.05 Å². The normalized spacial score (nSPS) is 15.0. The zero-order valence-electron chi connectivity index (χ0n) is 16.6. The van der Waals surface area contributed by atoms with Crippen molar-refractivity contribution in [3.8, 4) is 5.69 Å². The van der Waals surface area contributed by atoms with Crippen LogP contribution in [-0.4, -0.2) is 69.5 Å². The van der Waals surface area contributed by atoms with Crippen molar-refractivity contribution in [2.24, 2.45) is 7.05 Å². The molecule has 4 rings (SSSR count). The van der Waals surface area contributed by atoms with E-state index in [4.69, 9.17) is 4.74 Å². The van der Waals surface area contributed by atoms with Crippen molar-refractivity contribution in [3.63, 3.8) is 0 Å². The Morgan fingerprint density at radius 1 is 1.21 bits per heavy atom. The fourth-order valence-corrected chi connectivity index (χ4v) is 3.35. The van der Waals surface area contributed by atoms with E-state index in [1.807, 2.05) is 31.2 Å². The first-order valence-corrected chi connectivity index (χ1v) is 9.64. The smallest absolute Gasteiger partial charge is 0.279 e. The number of ether oxygens (including phenoxy) is 1. The summed E-state index contributed by atoms with van der Waals surface area (Å²) in [7, 11) is 1.63. The van der Waals surface area contributed by atoms with Crippen LogP contribution in [0.25, 0.3) is 16.7 Å². The molecule has 0 saturated carbocycles. The topological polar surface area (TPSA) is 94.3 Å². The predicted octanol–water partition coefficient (Wildman–Crippen LogP) is 0.490. The maximum atomic E-state index is 12.8. The van der Waals surface area contributed by atoms with E-state index in [-0.39, 0.29) is 22.7 Å². The molecule has 0 unspecified atom stereocenters. The zero-order chi connectivity index (χ0) is 20.4. The number of nitrogens with one attached hydrogen (secondary N) is 1. The monoisotopic (exact) mass is 396 g/mol. The summed E-state index contributed by atoms with van der Waals surface area (Å²) in [5.41, 5.74) is 2.29. The van der Waals surface area contributed by atoms with Gasteiger partial charge in [0.2, 0.25) is 0 Å². The van der Waals surface area contributed by atoms with Gasteiger partial charge in [-0.25, -0.2) is 9.67 Å². The van der Waals surface area contributed by atoms with Gasteiger partial charge in [-0.05, 0) is 19.1 Å². The quantitative estimate of drug-likeness (QED) is 0.675. The number of rotatable bonds is 5. The van der Waals surface area contributed by atoms with Crippen molar-refractivity contribution in [1.29, 1.82) is 0 Å². The highest BCUT2D eigenvalue weighted by Gasteiger charge is 2.22. The standard InChI is InChI=1S/C20H24N6O3/c1-14-3-5-15(6-4-14)26-18-16(22-13-24(2)20(18)28)17(23-26)19(27)21-7-8-25-9-11-29-12-10-25/h3-6,13H,7-12H2,1-2H3,(H,21,27). The number of carbonyl (C=O) groups is 1. The number of hydrogen-bond acceptors (Lipinski definition) is 6. The van der Waals surface area contributed by atoms with Crippen LogP contribution in [-0.2, 0) is 11.8 Å². The van der Waals surface area contributed by atoms with Crippen molar-refractivity contribution < 1.29 is 9.53 Å². The van der Waals surface area contributed by atoms with Crippen LogP contribution in [0.3, 0.4) is 0 Å². The van der Waals surface area contributed by atoms with Crippen LogP contribution in [0.15, 0.2) is 35.4 Å². The highest BCUT2D eigenvalue weighted by atomic mass is 16.5. The minimum absolute atomic E-state index is 0.153. The van der Waals surface area contributed by atoms with Crippen LogP contribution < -0.4 is 10.9 Å². The lowest BCUT2D eigenvalue weighted by Crippen LogP contribution is -2.41. The molecule has 9 heteroatoms. The molecule has 1 aromatic carbocycles. The first-order valence-electron chi connectivity index (χ1n) is 9.64. The molecule has 3 heterocycles. The number of benzene rings is 1. The second-order valence-electron chi connectivity index (χ2n) is 7.16. The average Bonchev–Trinajstić information content (AvgIpc) is 3.12. The molecule has 2 aromatic heterocycles. The molecule has 9 nitrogen and oxygen atoms in total. The van der Waals surface area contributed by atoms with Gasteiger partial charge in [0.25, 0.3) is 11.5 Å². The van der Waals surface area contributed by atoms with Crippen molar-refractivity contribution in [1.82, 2.24) is 29.5 Å². The fraction of sp³-hybridized carbons (Fsp3) is 0.400. The summed E-state index contributed by atoms with van der Waals surface area (Å²) in [4.78, 5) is 32.1. The molecule has 0 spiro atoms. The molecule has 0 radical (unpaired) electrons.